The third-order valence-corrected chi connectivity index (χ3v) is 3.42. The van der Waals surface area contributed by atoms with E-state index in [-0.39, 0.29) is 11.9 Å². The Bertz CT molecular complexity index is 628. The van der Waals surface area contributed by atoms with Crippen LogP contribution in [0.25, 0.3) is 10.9 Å². The van der Waals surface area contributed by atoms with Gasteiger partial charge in [0.05, 0.1) is 5.52 Å². The number of carboxylic acid groups (broad SMARTS) is 1. The number of aromatic carboxylic acids is 1. The first-order valence-electron chi connectivity index (χ1n) is 7.38. The highest BCUT2D eigenvalue weighted by molar-refractivity contribution is 5.93. The van der Waals surface area contributed by atoms with E-state index in [0.717, 1.165) is 18.2 Å². The molecule has 0 fully saturated rings. The Morgan fingerprint density at radius 3 is 2.76 bits per heavy atom. The Morgan fingerprint density at radius 2 is 2.05 bits per heavy atom. The van der Waals surface area contributed by atoms with E-state index in [0.29, 0.717) is 11.3 Å². The molecular weight excluding hydrogens is 266 g/mol. The van der Waals surface area contributed by atoms with Gasteiger partial charge in [0.2, 0.25) is 5.82 Å². The monoisotopic (exact) mass is 287 g/mol. The molecule has 1 heterocycles. The third kappa shape index (κ3) is 3.90. The number of unbranched alkanes of at least 4 members (excludes halogenated alkanes) is 2. The van der Waals surface area contributed by atoms with Crippen molar-refractivity contribution in [2.45, 2.75) is 45.6 Å². The van der Waals surface area contributed by atoms with Gasteiger partial charge in [-0.2, -0.15) is 0 Å². The highest BCUT2D eigenvalue weighted by Crippen LogP contribution is 2.21. The van der Waals surface area contributed by atoms with Crippen LogP contribution < -0.4 is 5.32 Å². The van der Waals surface area contributed by atoms with Crippen molar-refractivity contribution in [2.75, 3.05) is 5.32 Å². The maximum absolute atomic E-state index is 11.1. The Hall–Kier alpha value is -2.17. The number of nitrogens with one attached hydrogen (secondary N) is 1. The van der Waals surface area contributed by atoms with Gasteiger partial charge in [0.1, 0.15) is 5.82 Å². The smallest absolute Gasteiger partial charge is 0.374 e. The number of aromatic nitrogens is 2. The van der Waals surface area contributed by atoms with Gasteiger partial charge in [-0.25, -0.2) is 14.8 Å². The van der Waals surface area contributed by atoms with Crippen molar-refractivity contribution in [3.05, 3.63) is 30.1 Å². The van der Waals surface area contributed by atoms with Crippen molar-refractivity contribution in [2.24, 2.45) is 0 Å². The zero-order valence-electron chi connectivity index (χ0n) is 12.5. The number of nitrogens with zero attached hydrogens (tertiary/aromatic N) is 2. The normalized spacial score (nSPS) is 12.3. The van der Waals surface area contributed by atoms with Gasteiger partial charge in [0.15, 0.2) is 0 Å². The molecule has 1 aromatic heterocycles. The van der Waals surface area contributed by atoms with Crippen LogP contribution in [0, 0.1) is 0 Å². The molecule has 0 radical (unpaired) electrons. The summed E-state index contributed by atoms with van der Waals surface area (Å²) in [7, 11) is 0. The molecule has 0 saturated carbocycles. The Labute approximate surface area is 124 Å². The van der Waals surface area contributed by atoms with Gasteiger partial charge >= 0.3 is 5.97 Å². The summed E-state index contributed by atoms with van der Waals surface area (Å²) >= 11 is 0. The molecule has 112 valence electrons. The molecule has 0 spiro atoms. The van der Waals surface area contributed by atoms with Crippen LogP contribution in [0.2, 0.25) is 0 Å². The van der Waals surface area contributed by atoms with Crippen molar-refractivity contribution in [1.82, 2.24) is 9.97 Å². The zero-order chi connectivity index (χ0) is 15.2. The van der Waals surface area contributed by atoms with Crippen LogP contribution in [0.1, 0.15) is 50.1 Å². The van der Waals surface area contributed by atoms with Crippen molar-refractivity contribution in [3.63, 3.8) is 0 Å². The molecule has 2 rings (SSSR count). The maximum atomic E-state index is 11.1. The summed E-state index contributed by atoms with van der Waals surface area (Å²) in [5.41, 5.74) is 0.646. The summed E-state index contributed by atoms with van der Waals surface area (Å²) < 4.78 is 0. The van der Waals surface area contributed by atoms with E-state index in [4.69, 9.17) is 5.11 Å². The fourth-order valence-electron chi connectivity index (χ4n) is 2.29. The van der Waals surface area contributed by atoms with Crippen LogP contribution in [0.5, 0.6) is 0 Å². The molecule has 0 aliphatic heterocycles. The first-order valence-corrected chi connectivity index (χ1v) is 7.38. The minimum atomic E-state index is -1.11. The number of hydrogen-bond acceptors (Lipinski definition) is 4. The van der Waals surface area contributed by atoms with E-state index >= 15 is 0 Å². The molecule has 1 aromatic carbocycles. The van der Waals surface area contributed by atoms with Gasteiger partial charge in [-0.15, -0.1) is 0 Å². The van der Waals surface area contributed by atoms with E-state index in [1.165, 1.54) is 12.8 Å². The lowest BCUT2D eigenvalue weighted by molar-refractivity contribution is 0.0684. The Kier molecular flexibility index (Phi) is 5.09. The molecule has 0 saturated heterocycles. The number of benzene rings is 1. The summed E-state index contributed by atoms with van der Waals surface area (Å²) in [5, 5.41) is 13.3. The predicted molar refractivity (Wildman–Crippen MR) is 83.7 cm³/mol. The van der Waals surface area contributed by atoms with E-state index < -0.39 is 5.97 Å². The standard InChI is InChI=1S/C16H21N3O2/c1-3-4-5-8-11(2)17-14-12-9-6-7-10-13(12)18-15(19-14)16(20)21/h6-7,9-11H,3-5,8H2,1-2H3,(H,20,21)(H,17,18,19). The van der Waals surface area contributed by atoms with Crippen LogP contribution in [-0.2, 0) is 0 Å². The number of para-hydroxylation sites is 1. The molecule has 0 bridgehead atoms. The van der Waals surface area contributed by atoms with E-state index in [9.17, 15) is 4.79 Å². The van der Waals surface area contributed by atoms with E-state index in [1.807, 2.05) is 18.2 Å². The number of anilines is 1. The van der Waals surface area contributed by atoms with E-state index in [2.05, 4.69) is 29.1 Å². The number of rotatable bonds is 7. The van der Waals surface area contributed by atoms with Gasteiger partial charge in [0, 0.05) is 11.4 Å². The lowest BCUT2D eigenvalue weighted by Crippen LogP contribution is -2.18. The van der Waals surface area contributed by atoms with Gasteiger partial charge < -0.3 is 10.4 Å². The Balaban J connectivity index is 2.26. The van der Waals surface area contributed by atoms with Crippen molar-refractivity contribution in [1.29, 1.82) is 0 Å². The number of hydrogen-bond donors (Lipinski definition) is 2. The molecular formula is C16H21N3O2. The molecule has 0 amide bonds. The molecule has 0 aliphatic carbocycles. The summed E-state index contributed by atoms with van der Waals surface area (Å²) in [4.78, 5) is 19.4. The highest BCUT2D eigenvalue weighted by Gasteiger charge is 2.13. The molecule has 1 unspecified atom stereocenters. The second kappa shape index (κ2) is 7.02. The fourth-order valence-corrected chi connectivity index (χ4v) is 2.29. The lowest BCUT2D eigenvalue weighted by atomic mass is 10.1. The summed E-state index contributed by atoms with van der Waals surface area (Å²) in [6.45, 7) is 4.27. The molecule has 1 atom stereocenters. The molecule has 21 heavy (non-hydrogen) atoms. The first-order chi connectivity index (χ1) is 10.1. The Morgan fingerprint density at radius 1 is 1.29 bits per heavy atom. The summed E-state index contributed by atoms with van der Waals surface area (Å²) in [6.07, 6.45) is 4.58. The number of fused-ring (bicyclic) bond motifs is 1. The highest BCUT2D eigenvalue weighted by atomic mass is 16.4. The molecule has 5 nitrogen and oxygen atoms in total. The van der Waals surface area contributed by atoms with Crippen molar-refractivity contribution < 1.29 is 9.90 Å². The lowest BCUT2D eigenvalue weighted by Gasteiger charge is -2.16. The van der Waals surface area contributed by atoms with Crippen LogP contribution in [0.3, 0.4) is 0 Å². The minimum absolute atomic E-state index is 0.169. The number of carbonyl (C=O) groups is 1. The van der Waals surface area contributed by atoms with Crippen LogP contribution in [0.4, 0.5) is 5.82 Å². The largest absolute Gasteiger partial charge is 0.475 e. The fraction of sp³-hybridized carbons (Fsp3) is 0.438. The predicted octanol–water partition coefficient (Wildman–Crippen LogP) is 3.71. The first kappa shape index (κ1) is 15.2. The zero-order valence-corrected chi connectivity index (χ0v) is 12.5. The van der Waals surface area contributed by atoms with Crippen molar-refractivity contribution >= 4 is 22.7 Å². The molecule has 2 aromatic rings. The minimum Gasteiger partial charge on any atom is -0.475 e. The summed E-state index contributed by atoms with van der Waals surface area (Å²) in [6, 6.07) is 7.70. The summed E-state index contributed by atoms with van der Waals surface area (Å²) in [5.74, 6) is -0.679. The third-order valence-electron chi connectivity index (χ3n) is 3.42. The average molecular weight is 287 g/mol. The maximum Gasteiger partial charge on any atom is 0.374 e. The quantitative estimate of drug-likeness (QED) is 0.759. The van der Waals surface area contributed by atoms with Gasteiger partial charge in [-0.3, -0.25) is 0 Å². The average Bonchev–Trinajstić information content (AvgIpc) is 2.47. The van der Waals surface area contributed by atoms with Gasteiger partial charge in [-0.1, -0.05) is 38.3 Å². The second-order valence-electron chi connectivity index (χ2n) is 5.26. The van der Waals surface area contributed by atoms with Crippen LogP contribution in [0.15, 0.2) is 24.3 Å². The van der Waals surface area contributed by atoms with Crippen molar-refractivity contribution in [3.8, 4) is 0 Å². The van der Waals surface area contributed by atoms with Gasteiger partial charge in [-0.05, 0) is 25.5 Å². The van der Waals surface area contributed by atoms with Gasteiger partial charge in [0.25, 0.3) is 0 Å². The molecule has 2 N–H and O–H groups in total. The van der Waals surface area contributed by atoms with Crippen LogP contribution >= 0.6 is 0 Å². The number of carboxylic acids is 1. The van der Waals surface area contributed by atoms with Crippen LogP contribution in [-0.4, -0.2) is 27.1 Å². The molecule has 5 heteroatoms. The van der Waals surface area contributed by atoms with E-state index in [1.54, 1.807) is 6.07 Å². The second-order valence-corrected chi connectivity index (χ2v) is 5.26. The molecule has 0 aliphatic rings. The topological polar surface area (TPSA) is 75.1 Å². The SMILES string of the molecule is CCCCCC(C)Nc1nc(C(=O)O)nc2ccccc12.